The van der Waals surface area contributed by atoms with Gasteiger partial charge in [-0.2, -0.15) is 17.5 Å². The number of nitrogens with two attached hydrogens (primary N) is 1. The fourth-order valence-electron chi connectivity index (χ4n) is 1.16. The number of aromatic nitrogens is 1. The van der Waals surface area contributed by atoms with Crippen LogP contribution in [0.3, 0.4) is 0 Å². The first-order valence-electron chi connectivity index (χ1n) is 3.70. The Kier molecular flexibility index (Phi) is 1.88. The van der Waals surface area contributed by atoms with Gasteiger partial charge in [-0.3, -0.25) is 0 Å². The number of fused-ring (bicyclic) bond motifs is 1. The summed E-state index contributed by atoms with van der Waals surface area (Å²) in [6, 6.07) is 4.27. The molecule has 0 aliphatic heterocycles. The second-order valence-electron chi connectivity index (χ2n) is 2.78. The summed E-state index contributed by atoms with van der Waals surface area (Å²) >= 11 is 0.805. The van der Waals surface area contributed by atoms with Crippen molar-refractivity contribution in [3.8, 4) is 0 Å². The molecule has 2 N–H and O–H groups in total. The number of anilines is 1. The van der Waals surface area contributed by atoms with Gasteiger partial charge < -0.3 is 5.73 Å². The maximum Gasteiger partial charge on any atom is 0.435 e. The second kappa shape index (κ2) is 2.84. The van der Waals surface area contributed by atoms with Gasteiger partial charge in [-0.25, -0.2) is 0 Å². The Bertz CT molecular complexity index is 475. The molecule has 0 spiro atoms. The molecule has 6 heteroatoms. The first kappa shape index (κ1) is 9.26. The fraction of sp³-hybridized carbons (Fsp3) is 0.125. The zero-order valence-corrected chi connectivity index (χ0v) is 7.62. The zero-order valence-electron chi connectivity index (χ0n) is 6.80. The molecule has 0 atom stereocenters. The van der Waals surface area contributed by atoms with E-state index in [-0.39, 0.29) is 5.39 Å². The van der Waals surface area contributed by atoms with Gasteiger partial charge in [0.1, 0.15) is 0 Å². The van der Waals surface area contributed by atoms with Crippen molar-refractivity contribution >= 4 is 27.3 Å². The van der Waals surface area contributed by atoms with Gasteiger partial charge in [-0.05, 0) is 29.7 Å². The SMILES string of the molecule is Nc1ccc2c(C(F)(F)F)nsc2c1. The molecule has 1 heterocycles. The first-order valence-corrected chi connectivity index (χ1v) is 4.48. The van der Waals surface area contributed by atoms with Crippen LogP contribution in [0.2, 0.25) is 0 Å². The third-order valence-electron chi connectivity index (χ3n) is 1.76. The molecule has 14 heavy (non-hydrogen) atoms. The van der Waals surface area contributed by atoms with E-state index in [0.29, 0.717) is 10.4 Å². The van der Waals surface area contributed by atoms with Crippen molar-refractivity contribution in [2.75, 3.05) is 5.73 Å². The van der Waals surface area contributed by atoms with E-state index in [9.17, 15) is 13.2 Å². The van der Waals surface area contributed by atoms with E-state index in [1.165, 1.54) is 18.2 Å². The van der Waals surface area contributed by atoms with Gasteiger partial charge in [-0.15, -0.1) is 0 Å². The van der Waals surface area contributed by atoms with Gasteiger partial charge in [-0.1, -0.05) is 0 Å². The molecular weight excluding hydrogens is 213 g/mol. The van der Waals surface area contributed by atoms with E-state index in [1.54, 1.807) is 0 Å². The maximum atomic E-state index is 12.4. The van der Waals surface area contributed by atoms with Gasteiger partial charge in [0.25, 0.3) is 0 Å². The minimum absolute atomic E-state index is 0.108. The van der Waals surface area contributed by atoms with Gasteiger partial charge in [0.05, 0.1) is 4.70 Å². The lowest BCUT2D eigenvalue weighted by molar-refractivity contribution is -0.139. The standard InChI is InChI=1S/C8H5F3N2S/c9-8(10,11)7-5-2-1-4(12)3-6(5)14-13-7/h1-3H,12H2. The molecule has 1 aromatic heterocycles. The van der Waals surface area contributed by atoms with Gasteiger partial charge in [0, 0.05) is 11.1 Å². The fourth-order valence-corrected chi connectivity index (χ4v) is 2.00. The van der Waals surface area contributed by atoms with Crippen molar-refractivity contribution in [3.05, 3.63) is 23.9 Å². The predicted molar refractivity (Wildman–Crippen MR) is 49.0 cm³/mol. The molecule has 0 fully saturated rings. The van der Waals surface area contributed by atoms with Crippen LogP contribution in [0, 0.1) is 0 Å². The number of alkyl halides is 3. The highest BCUT2D eigenvalue weighted by molar-refractivity contribution is 7.13. The van der Waals surface area contributed by atoms with Gasteiger partial charge in [0.2, 0.25) is 0 Å². The van der Waals surface area contributed by atoms with Crippen LogP contribution < -0.4 is 5.73 Å². The molecule has 2 aromatic rings. The van der Waals surface area contributed by atoms with Crippen LogP contribution in [0.5, 0.6) is 0 Å². The number of halogens is 3. The van der Waals surface area contributed by atoms with E-state index in [4.69, 9.17) is 5.73 Å². The highest BCUT2D eigenvalue weighted by Crippen LogP contribution is 2.36. The minimum Gasteiger partial charge on any atom is -0.399 e. The molecule has 0 radical (unpaired) electrons. The Balaban J connectivity index is 2.70. The quantitative estimate of drug-likeness (QED) is 0.690. The number of rotatable bonds is 0. The van der Waals surface area contributed by atoms with Crippen LogP contribution in [0.25, 0.3) is 10.1 Å². The normalized spacial score (nSPS) is 12.2. The van der Waals surface area contributed by atoms with Gasteiger partial charge >= 0.3 is 6.18 Å². The Labute approximate surface area is 81.3 Å². The molecule has 2 nitrogen and oxygen atoms in total. The first-order chi connectivity index (χ1) is 6.48. The summed E-state index contributed by atoms with van der Waals surface area (Å²) in [6.45, 7) is 0. The average Bonchev–Trinajstić information content (AvgIpc) is 2.45. The summed E-state index contributed by atoms with van der Waals surface area (Å²) in [5.74, 6) is 0. The Hall–Kier alpha value is -1.30. The largest absolute Gasteiger partial charge is 0.435 e. The monoisotopic (exact) mass is 218 g/mol. The molecule has 0 saturated carbocycles. The van der Waals surface area contributed by atoms with Crippen LogP contribution in [-0.4, -0.2) is 4.37 Å². The summed E-state index contributed by atoms with van der Waals surface area (Å²) in [4.78, 5) is 0. The number of hydrogen-bond acceptors (Lipinski definition) is 3. The summed E-state index contributed by atoms with van der Waals surface area (Å²) in [5.41, 5.74) is 5.04. The molecule has 74 valence electrons. The molecular formula is C8H5F3N2S. The third kappa shape index (κ3) is 1.41. The van der Waals surface area contributed by atoms with Crippen molar-refractivity contribution in [1.82, 2.24) is 4.37 Å². The highest BCUT2D eigenvalue weighted by atomic mass is 32.1. The molecule has 0 bridgehead atoms. The van der Waals surface area contributed by atoms with Crippen LogP contribution in [0.15, 0.2) is 18.2 Å². The lowest BCUT2D eigenvalue weighted by Gasteiger charge is -2.02. The van der Waals surface area contributed by atoms with Crippen molar-refractivity contribution in [2.45, 2.75) is 6.18 Å². The molecule has 2 rings (SSSR count). The van der Waals surface area contributed by atoms with E-state index in [2.05, 4.69) is 4.37 Å². The van der Waals surface area contributed by atoms with E-state index >= 15 is 0 Å². The Morgan fingerprint density at radius 1 is 1.29 bits per heavy atom. The average molecular weight is 218 g/mol. The zero-order chi connectivity index (χ0) is 10.3. The lowest BCUT2D eigenvalue weighted by atomic mass is 10.2. The summed E-state index contributed by atoms with van der Waals surface area (Å²) in [7, 11) is 0. The van der Waals surface area contributed by atoms with Crippen molar-refractivity contribution in [3.63, 3.8) is 0 Å². The Morgan fingerprint density at radius 3 is 2.64 bits per heavy atom. The second-order valence-corrected chi connectivity index (χ2v) is 3.59. The summed E-state index contributed by atoms with van der Waals surface area (Å²) in [6.07, 6.45) is -4.39. The molecule has 1 aromatic carbocycles. The topological polar surface area (TPSA) is 38.9 Å². The molecule has 0 unspecified atom stereocenters. The number of nitrogens with zero attached hydrogens (tertiary/aromatic N) is 1. The molecule has 0 aliphatic rings. The van der Waals surface area contributed by atoms with E-state index < -0.39 is 11.9 Å². The summed E-state index contributed by atoms with van der Waals surface area (Å²) in [5, 5.41) is 0.108. The molecule has 0 aliphatic carbocycles. The summed E-state index contributed by atoms with van der Waals surface area (Å²) < 4.78 is 40.9. The smallest absolute Gasteiger partial charge is 0.399 e. The highest BCUT2D eigenvalue weighted by Gasteiger charge is 2.35. The Morgan fingerprint density at radius 2 is 2.00 bits per heavy atom. The van der Waals surface area contributed by atoms with Gasteiger partial charge in [0.15, 0.2) is 5.69 Å². The number of benzene rings is 1. The van der Waals surface area contributed by atoms with E-state index in [0.717, 1.165) is 11.5 Å². The maximum absolute atomic E-state index is 12.4. The minimum atomic E-state index is -4.39. The van der Waals surface area contributed by atoms with Crippen molar-refractivity contribution < 1.29 is 13.2 Å². The van der Waals surface area contributed by atoms with Crippen LogP contribution >= 0.6 is 11.5 Å². The lowest BCUT2D eigenvalue weighted by Crippen LogP contribution is -2.05. The molecule has 0 saturated heterocycles. The predicted octanol–water partition coefficient (Wildman–Crippen LogP) is 2.90. The van der Waals surface area contributed by atoms with Crippen molar-refractivity contribution in [2.24, 2.45) is 0 Å². The molecule has 0 amide bonds. The van der Waals surface area contributed by atoms with Crippen molar-refractivity contribution in [1.29, 1.82) is 0 Å². The number of hydrogen-bond donors (Lipinski definition) is 1. The van der Waals surface area contributed by atoms with Crippen LogP contribution in [-0.2, 0) is 6.18 Å². The van der Waals surface area contributed by atoms with Crippen LogP contribution in [0.1, 0.15) is 5.69 Å². The third-order valence-corrected chi connectivity index (χ3v) is 2.57. The van der Waals surface area contributed by atoms with Crippen LogP contribution in [0.4, 0.5) is 18.9 Å². The number of nitrogen functional groups attached to an aromatic ring is 1. The van der Waals surface area contributed by atoms with E-state index in [1.807, 2.05) is 0 Å².